The van der Waals surface area contributed by atoms with Gasteiger partial charge < -0.3 is 44.9 Å². The van der Waals surface area contributed by atoms with Crippen LogP contribution in [0.4, 0.5) is 0 Å². The summed E-state index contributed by atoms with van der Waals surface area (Å²) in [7, 11) is 0. The van der Waals surface area contributed by atoms with Crippen molar-refractivity contribution in [2.75, 3.05) is 26.4 Å². The van der Waals surface area contributed by atoms with E-state index in [0.717, 1.165) is 38.5 Å². The highest BCUT2D eigenvalue weighted by molar-refractivity contribution is 5.97. The Bertz CT molecular complexity index is 1210. The van der Waals surface area contributed by atoms with Gasteiger partial charge in [-0.15, -0.1) is 0 Å². The first kappa shape index (κ1) is 38.2. The molecule has 2 aliphatic rings. The van der Waals surface area contributed by atoms with E-state index in [1.165, 1.54) is 13.2 Å². The van der Waals surface area contributed by atoms with Gasteiger partial charge in [0.15, 0.2) is 5.79 Å². The molecule has 1 aromatic rings. The molecule has 1 aromatic carbocycles. The van der Waals surface area contributed by atoms with Crippen molar-refractivity contribution in [2.45, 2.75) is 115 Å². The van der Waals surface area contributed by atoms with E-state index in [1.807, 2.05) is 0 Å². The maximum Gasteiger partial charge on any atom is 0.338 e. The number of hydrogen-bond donors (Lipinski definition) is 5. The van der Waals surface area contributed by atoms with Crippen LogP contribution in [0.15, 0.2) is 42.2 Å². The van der Waals surface area contributed by atoms with Gasteiger partial charge in [-0.25, -0.2) is 4.79 Å². The SMILES string of the molecule is CCCCCC1(CCCCC)O[C@@H]2[C@@H](C=C(C(=O)N[C@@H](C(=O)NCCO)[C@H](C)O)C[C@H]2OC(=O)c2cccc(C=COCCO)c2)O1. The van der Waals surface area contributed by atoms with Gasteiger partial charge in [0, 0.05) is 31.4 Å². The maximum absolute atomic E-state index is 13.6. The van der Waals surface area contributed by atoms with Crippen LogP contribution < -0.4 is 10.6 Å². The van der Waals surface area contributed by atoms with Crippen LogP contribution in [-0.2, 0) is 28.5 Å². The van der Waals surface area contributed by atoms with Crippen LogP contribution in [0.3, 0.4) is 0 Å². The van der Waals surface area contributed by atoms with E-state index in [-0.39, 0.29) is 43.9 Å². The molecule has 12 nitrogen and oxygen atoms in total. The molecule has 1 heterocycles. The monoisotopic (exact) mass is 660 g/mol. The Kier molecular flexibility index (Phi) is 15.8. The average Bonchev–Trinajstić information content (AvgIpc) is 3.43. The third-order valence-electron chi connectivity index (χ3n) is 8.20. The minimum Gasteiger partial charge on any atom is -0.499 e. The summed E-state index contributed by atoms with van der Waals surface area (Å²) >= 11 is 0. The van der Waals surface area contributed by atoms with Crippen molar-refractivity contribution in [3.8, 4) is 0 Å². The number of unbranched alkanes of at least 4 members (excludes halogenated alkanes) is 4. The molecular formula is C35H52N2O10. The molecule has 0 saturated carbocycles. The Labute approximate surface area is 277 Å². The second-order valence-corrected chi connectivity index (χ2v) is 12.1. The highest BCUT2D eigenvalue weighted by atomic mass is 16.8. The summed E-state index contributed by atoms with van der Waals surface area (Å²) in [5.41, 5.74) is 1.22. The number of carbonyl (C=O) groups excluding carboxylic acids is 3. The summed E-state index contributed by atoms with van der Waals surface area (Å²) in [6.07, 6.45) is 8.53. The van der Waals surface area contributed by atoms with E-state index in [0.29, 0.717) is 18.4 Å². The Balaban J connectivity index is 1.89. The van der Waals surface area contributed by atoms with Gasteiger partial charge in [0.05, 0.1) is 31.1 Å². The van der Waals surface area contributed by atoms with E-state index >= 15 is 0 Å². The third kappa shape index (κ3) is 11.4. The van der Waals surface area contributed by atoms with E-state index in [9.17, 15) is 19.5 Å². The van der Waals surface area contributed by atoms with Gasteiger partial charge >= 0.3 is 5.97 Å². The van der Waals surface area contributed by atoms with Crippen LogP contribution in [0.1, 0.15) is 94.5 Å². The Morgan fingerprint density at radius 1 is 1.06 bits per heavy atom. The standard InChI is InChI=1S/C35H52N2O10/c1-4-6-8-14-35(15-9-7-5-2)46-29-23-27(32(41)37-30(24(3)40)33(42)36-16-17-38)22-28(31(29)47-35)45-34(43)26-12-10-11-25(21-26)13-19-44-20-18-39/h10-13,19,21,23-24,28-31,38-40H,4-9,14-18,20,22H2,1-3H3,(H,36,42)(H,37,41)/t24-,28+,29+,30+,31-/m0/s1. The molecule has 2 amide bonds. The number of aliphatic hydroxyl groups excluding tert-OH is 3. The number of benzene rings is 1. The van der Waals surface area contributed by atoms with Crippen molar-refractivity contribution in [3.63, 3.8) is 0 Å². The molecule has 0 radical (unpaired) electrons. The first-order valence-corrected chi connectivity index (χ1v) is 16.8. The largest absolute Gasteiger partial charge is 0.499 e. The topological polar surface area (TPSA) is 173 Å². The number of carbonyl (C=O) groups is 3. The van der Waals surface area contributed by atoms with Crippen LogP contribution in [0.25, 0.3) is 6.08 Å². The normalized spacial score (nSPS) is 21.4. The average molecular weight is 661 g/mol. The van der Waals surface area contributed by atoms with Crippen LogP contribution in [0, 0.1) is 0 Å². The number of rotatable bonds is 20. The lowest BCUT2D eigenvalue weighted by Gasteiger charge is -2.31. The van der Waals surface area contributed by atoms with E-state index in [4.69, 9.17) is 29.2 Å². The number of ether oxygens (including phenoxy) is 4. The zero-order valence-electron chi connectivity index (χ0n) is 27.8. The van der Waals surface area contributed by atoms with Crippen molar-refractivity contribution in [2.24, 2.45) is 0 Å². The number of aliphatic hydroxyl groups is 3. The van der Waals surface area contributed by atoms with Gasteiger partial charge in [-0.2, -0.15) is 0 Å². The minimum absolute atomic E-state index is 0.00147. The summed E-state index contributed by atoms with van der Waals surface area (Å²) in [6.45, 7) is 5.35. The molecule has 3 rings (SSSR count). The summed E-state index contributed by atoms with van der Waals surface area (Å²) in [4.78, 5) is 39.7. The third-order valence-corrected chi connectivity index (χ3v) is 8.20. The lowest BCUT2D eigenvalue weighted by Crippen LogP contribution is -2.54. The fourth-order valence-electron chi connectivity index (χ4n) is 5.75. The second-order valence-electron chi connectivity index (χ2n) is 12.1. The summed E-state index contributed by atoms with van der Waals surface area (Å²) < 4.78 is 24.5. The quantitative estimate of drug-likeness (QED) is 0.0795. The van der Waals surface area contributed by atoms with Crippen molar-refractivity contribution in [1.82, 2.24) is 10.6 Å². The molecule has 0 bridgehead atoms. The van der Waals surface area contributed by atoms with Gasteiger partial charge in [0.25, 0.3) is 0 Å². The predicted molar refractivity (Wildman–Crippen MR) is 175 cm³/mol. The second kappa shape index (κ2) is 19.5. The van der Waals surface area contributed by atoms with Crippen molar-refractivity contribution in [3.05, 3.63) is 53.3 Å². The lowest BCUT2D eigenvalue weighted by atomic mass is 9.91. The van der Waals surface area contributed by atoms with Crippen molar-refractivity contribution >= 4 is 23.9 Å². The number of nitrogens with one attached hydrogen (secondary N) is 2. The number of amides is 2. The van der Waals surface area contributed by atoms with Crippen LogP contribution in [0.5, 0.6) is 0 Å². The summed E-state index contributed by atoms with van der Waals surface area (Å²) in [6, 6.07) is 5.51. The molecule has 1 fully saturated rings. The molecule has 47 heavy (non-hydrogen) atoms. The number of esters is 1. The Morgan fingerprint density at radius 2 is 1.79 bits per heavy atom. The molecule has 12 heteroatoms. The maximum atomic E-state index is 13.6. The molecule has 5 N–H and O–H groups in total. The van der Waals surface area contributed by atoms with Crippen molar-refractivity contribution < 1.29 is 48.7 Å². The zero-order chi connectivity index (χ0) is 34.2. The summed E-state index contributed by atoms with van der Waals surface area (Å²) in [5, 5.41) is 33.3. The smallest absolute Gasteiger partial charge is 0.338 e. The van der Waals surface area contributed by atoms with E-state index in [1.54, 1.807) is 36.4 Å². The highest BCUT2D eigenvalue weighted by Gasteiger charge is 2.52. The Morgan fingerprint density at radius 3 is 2.43 bits per heavy atom. The van der Waals surface area contributed by atoms with Gasteiger partial charge in [-0.3, -0.25) is 9.59 Å². The molecular weight excluding hydrogens is 608 g/mol. The fourth-order valence-corrected chi connectivity index (χ4v) is 5.75. The molecule has 0 unspecified atom stereocenters. The van der Waals surface area contributed by atoms with Gasteiger partial charge in [-0.05, 0) is 49.6 Å². The molecule has 0 aromatic heterocycles. The van der Waals surface area contributed by atoms with Gasteiger partial charge in [-0.1, -0.05) is 51.7 Å². The van der Waals surface area contributed by atoms with Gasteiger partial charge in [0.2, 0.25) is 11.8 Å². The van der Waals surface area contributed by atoms with E-state index < -0.39 is 54.0 Å². The number of fused-ring (bicyclic) bond motifs is 1. The summed E-state index contributed by atoms with van der Waals surface area (Å²) in [5.74, 6) is -2.74. The van der Waals surface area contributed by atoms with Gasteiger partial charge in [0.1, 0.15) is 31.0 Å². The predicted octanol–water partition coefficient (Wildman–Crippen LogP) is 3.14. The zero-order valence-corrected chi connectivity index (χ0v) is 27.8. The number of hydrogen-bond acceptors (Lipinski definition) is 10. The first-order valence-electron chi connectivity index (χ1n) is 16.8. The Hall–Kier alpha value is -3.29. The van der Waals surface area contributed by atoms with E-state index in [2.05, 4.69) is 24.5 Å². The van der Waals surface area contributed by atoms with Crippen molar-refractivity contribution in [1.29, 1.82) is 0 Å². The molecule has 1 aliphatic heterocycles. The highest BCUT2D eigenvalue weighted by Crippen LogP contribution is 2.43. The lowest BCUT2D eigenvalue weighted by molar-refractivity contribution is -0.190. The molecule has 0 spiro atoms. The molecule has 1 saturated heterocycles. The molecule has 1 aliphatic carbocycles. The van der Waals surface area contributed by atoms with Crippen LogP contribution in [0.2, 0.25) is 0 Å². The molecule has 5 atom stereocenters. The van der Waals surface area contributed by atoms with Crippen LogP contribution >= 0.6 is 0 Å². The molecule has 262 valence electrons. The van der Waals surface area contributed by atoms with Crippen LogP contribution in [-0.4, -0.2) is 95.7 Å². The minimum atomic E-state index is -1.27. The fraction of sp³-hybridized carbons (Fsp3) is 0.629. The first-order chi connectivity index (χ1) is 22.7.